The van der Waals surface area contributed by atoms with E-state index >= 15 is 0 Å². The van der Waals surface area contributed by atoms with Gasteiger partial charge in [0.05, 0.1) is 13.2 Å². The molecule has 1 aromatic carbocycles. The molecule has 0 saturated heterocycles. The van der Waals surface area contributed by atoms with Crippen LogP contribution in [0.25, 0.3) is 0 Å². The maximum Gasteiger partial charge on any atom is 0.122 e. The molecule has 1 heterocycles. The minimum absolute atomic E-state index is 0.169. The molecule has 1 aliphatic heterocycles. The van der Waals surface area contributed by atoms with Crippen LogP contribution < -0.4 is 10.1 Å². The Hall–Kier alpha value is -1.06. The second-order valence-electron chi connectivity index (χ2n) is 4.99. The van der Waals surface area contributed by atoms with Gasteiger partial charge in [-0.15, -0.1) is 0 Å². The second-order valence-corrected chi connectivity index (χ2v) is 4.99. The zero-order chi connectivity index (χ0) is 12.3. The van der Waals surface area contributed by atoms with Gasteiger partial charge in [0, 0.05) is 24.1 Å². The predicted molar refractivity (Wildman–Crippen MR) is 68.4 cm³/mol. The minimum Gasteiger partial charge on any atom is -0.493 e. The number of hydrogen-bond donors (Lipinski definition) is 2. The molecule has 0 radical (unpaired) electrons. The van der Waals surface area contributed by atoms with Crippen LogP contribution in [0, 0.1) is 5.92 Å². The number of para-hydroxylation sites is 1. The van der Waals surface area contributed by atoms with E-state index in [9.17, 15) is 5.11 Å². The SMILES string of the molecule is CC(C)C(CO)NCC1COc2ccccc21. The van der Waals surface area contributed by atoms with Crippen LogP contribution in [0.2, 0.25) is 0 Å². The van der Waals surface area contributed by atoms with E-state index in [1.807, 2.05) is 18.2 Å². The minimum atomic E-state index is 0.169. The predicted octanol–water partition coefficient (Wildman–Crippen LogP) is 1.77. The molecule has 0 fully saturated rings. The Kier molecular flexibility index (Phi) is 4.02. The lowest BCUT2D eigenvalue weighted by atomic mass is 9.99. The van der Waals surface area contributed by atoms with Crippen molar-refractivity contribution >= 4 is 0 Å². The number of aliphatic hydroxyl groups excluding tert-OH is 1. The Morgan fingerprint density at radius 2 is 2.18 bits per heavy atom. The first-order valence-electron chi connectivity index (χ1n) is 6.28. The summed E-state index contributed by atoms with van der Waals surface area (Å²) in [7, 11) is 0. The van der Waals surface area contributed by atoms with E-state index in [0.29, 0.717) is 11.8 Å². The van der Waals surface area contributed by atoms with Crippen LogP contribution in [0.1, 0.15) is 25.3 Å². The van der Waals surface area contributed by atoms with Crippen LogP contribution in [0.3, 0.4) is 0 Å². The average molecular weight is 235 g/mol. The van der Waals surface area contributed by atoms with Crippen LogP contribution in [0.15, 0.2) is 24.3 Å². The van der Waals surface area contributed by atoms with Crippen molar-refractivity contribution in [3.8, 4) is 5.75 Å². The van der Waals surface area contributed by atoms with E-state index in [1.165, 1.54) is 5.56 Å². The molecule has 17 heavy (non-hydrogen) atoms. The topological polar surface area (TPSA) is 41.5 Å². The van der Waals surface area contributed by atoms with Crippen LogP contribution in [-0.2, 0) is 0 Å². The Balaban J connectivity index is 1.93. The van der Waals surface area contributed by atoms with Crippen molar-refractivity contribution in [2.45, 2.75) is 25.8 Å². The molecular weight excluding hydrogens is 214 g/mol. The number of nitrogens with one attached hydrogen (secondary N) is 1. The van der Waals surface area contributed by atoms with Crippen LogP contribution >= 0.6 is 0 Å². The Morgan fingerprint density at radius 3 is 2.88 bits per heavy atom. The molecule has 2 N–H and O–H groups in total. The second kappa shape index (κ2) is 5.52. The molecule has 2 atom stereocenters. The Morgan fingerprint density at radius 1 is 1.41 bits per heavy atom. The fraction of sp³-hybridized carbons (Fsp3) is 0.571. The highest BCUT2D eigenvalue weighted by Crippen LogP contribution is 2.32. The first-order chi connectivity index (χ1) is 8.22. The molecule has 0 aliphatic carbocycles. The zero-order valence-electron chi connectivity index (χ0n) is 10.5. The van der Waals surface area contributed by atoms with Gasteiger partial charge >= 0.3 is 0 Å². The summed E-state index contributed by atoms with van der Waals surface area (Å²) in [6, 6.07) is 8.35. The summed E-state index contributed by atoms with van der Waals surface area (Å²) in [5.74, 6) is 1.85. The lowest BCUT2D eigenvalue weighted by molar-refractivity contribution is 0.206. The third kappa shape index (κ3) is 2.79. The molecule has 0 aromatic heterocycles. The smallest absolute Gasteiger partial charge is 0.122 e. The average Bonchev–Trinajstić information content (AvgIpc) is 2.73. The molecule has 3 nitrogen and oxygen atoms in total. The number of aliphatic hydroxyl groups is 1. The van der Waals surface area contributed by atoms with Gasteiger partial charge in [-0.2, -0.15) is 0 Å². The molecule has 1 aromatic rings. The quantitative estimate of drug-likeness (QED) is 0.817. The summed E-state index contributed by atoms with van der Waals surface area (Å²) < 4.78 is 5.63. The van der Waals surface area contributed by atoms with E-state index in [2.05, 4.69) is 25.2 Å². The molecule has 3 heteroatoms. The molecule has 0 spiro atoms. The third-order valence-electron chi connectivity index (χ3n) is 3.43. The Labute approximate surface area is 103 Å². The van der Waals surface area contributed by atoms with Crippen molar-refractivity contribution in [3.05, 3.63) is 29.8 Å². The molecule has 0 bridgehead atoms. The standard InChI is InChI=1S/C14H21NO2/c1-10(2)13(8-16)15-7-11-9-17-14-6-4-3-5-12(11)14/h3-6,10-11,13,15-16H,7-9H2,1-2H3. The first-order valence-corrected chi connectivity index (χ1v) is 6.28. The van der Waals surface area contributed by atoms with Gasteiger partial charge in [0.25, 0.3) is 0 Å². The largest absolute Gasteiger partial charge is 0.493 e. The summed E-state index contributed by atoms with van der Waals surface area (Å²) in [6.45, 7) is 6.02. The lowest BCUT2D eigenvalue weighted by Crippen LogP contribution is -2.39. The van der Waals surface area contributed by atoms with Gasteiger partial charge in [0.15, 0.2) is 0 Å². The summed E-state index contributed by atoms with van der Waals surface area (Å²) >= 11 is 0. The van der Waals surface area contributed by atoms with Gasteiger partial charge in [-0.1, -0.05) is 32.0 Å². The molecule has 2 rings (SSSR count). The van der Waals surface area contributed by atoms with Crippen molar-refractivity contribution in [2.24, 2.45) is 5.92 Å². The fourth-order valence-electron chi connectivity index (χ4n) is 2.20. The highest BCUT2D eigenvalue weighted by atomic mass is 16.5. The van der Waals surface area contributed by atoms with Gasteiger partial charge in [-0.05, 0) is 12.0 Å². The highest BCUT2D eigenvalue weighted by Gasteiger charge is 2.24. The number of rotatable bonds is 5. The van der Waals surface area contributed by atoms with Crippen molar-refractivity contribution in [2.75, 3.05) is 19.8 Å². The summed E-state index contributed by atoms with van der Waals surface area (Å²) in [5, 5.41) is 12.7. The molecule has 2 unspecified atom stereocenters. The van der Waals surface area contributed by atoms with E-state index < -0.39 is 0 Å². The number of benzene rings is 1. The van der Waals surface area contributed by atoms with Gasteiger partial charge < -0.3 is 15.2 Å². The van der Waals surface area contributed by atoms with E-state index in [1.54, 1.807) is 0 Å². The normalized spacial score (nSPS) is 20.1. The van der Waals surface area contributed by atoms with E-state index in [0.717, 1.165) is 18.9 Å². The number of ether oxygens (including phenoxy) is 1. The van der Waals surface area contributed by atoms with Crippen molar-refractivity contribution < 1.29 is 9.84 Å². The van der Waals surface area contributed by atoms with Crippen LogP contribution in [0.4, 0.5) is 0 Å². The summed E-state index contributed by atoms with van der Waals surface area (Å²) in [6.07, 6.45) is 0. The van der Waals surface area contributed by atoms with Gasteiger partial charge in [-0.3, -0.25) is 0 Å². The van der Waals surface area contributed by atoms with Crippen LogP contribution in [0.5, 0.6) is 5.75 Å². The Bertz CT molecular complexity index is 365. The zero-order valence-corrected chi connectivity index (χ0v) is 10.5. The molecule has 0 amide bonds. The number of fused-ring (bicyclic) bond motifs is 1. The summed E-state index contributed by atoms with van der Waals surface area (Å²) in [4.78, 5) is 0. The van der Waals surface area contributed by atoms with E-state index in [-0.39, 0.29) is 12.6 Å². The fourth-order valence-corrected chi connectivity index (χ4v) is 2.20. The van der Waals surface area contributed by atoms with Gasteiger partial charge in [-0.25, -0.2) is 0 Å². The molecule has 1 aliphatic rings. The summed E-state index contributed by atoms with van der Waals surface area (Å²) in [5.41, 5.74) is 1.28. The van der Waals surface area contributed by atoms with Crippen LogP contribution in [-0.4, -0.2) is 30.9 Å². The van der Waals surface area contributed by atoms with Crippen molar-refractivity contribution in [1.82, 2.24) is 5.32 Å². The van der Waals surface area contributed by atoms with Gasteiger partial charge in [0.2, 0.25) is 0 Å². The van der Waals surface area contributed by atoms with Gasteiger partial charge in [0.1, 0.15) is 5.75 Å². The molecular formula is C14H21NO2. The molecule has 0 saturated carbocycles. The van der Waals surface area contributed by atoms with Crippen molar-refractivity contribution in [3.63, 3.8) is 0 Å². The molecule has 94 valence electrons. The lowest BCUT2D eigenvalue weighted by Gasteiger charge is -2.21. The first kappa shape index (κ1) is 12.4. The number of hydrogen-bond acceptors (Lipinski definition) is 3. The maximum absolute atomic E-state index is 9.27. The van der Waals surface area contributed by atoms with Crippen molar-refractivity contribution in [1.29, 1.82) is 0 Å². The highest BCUT2D eigenvalue weighted by molar-refractivity contribution is 5.39. The monoisotopic (exact) mass is 235 g/mol. The maximum atomic E-state index is 9.27. The van der Waals surface area contributed by atoms with E-state index in [4.69, 9.17) is 4.74 Å². The third-order valence-corrected chi connectivity index (χ3v) is 3.43.